The predicted octanol–water partition coefficient (Wildman–Crippen LogP) is 5.75. The molecule has 0 bridgehead atoms. The lowest BCUT2D eigenvalue weighted by Crippen LogP contribution is -2.23. The number of hydrogen-bond acceptors (Lipinski definition) is 6. The molecule has 0 fully saturated rings. The Bertz CT molecular complexity index is 2270. The average Bonchev–Trinajstić information content (AvgIpc) is 2.98. The number of benzene rings is 5. The van der Waals surface area contributed by atoms with Gasteiger partial charge >= 0.3 is 0 Å². The first-order valence-electron chi connectivity index (χ1n) is 14.7. The van der Waals surface area contributed by atoms with E-state index in [1.165, 1.54) is 21.3 Å². The van der Waals surface area contributed by atoms with Crippen LogP contribution in [0.25, 0.3) is 64.6 Å². The molecule has 0 saturated carbocycles. The Hall–Kier alpha value is -4.72. The van der Waals surface area contributed by atoms with Gasteiger partial charge in [-0.2, -0.15) is 0 Å². The van der Waals surface area contributed by atoms with Gasteiger partial charge in [-0.3, -0.25) is 28.3 Å². The molecule has 2 heterocycles. The van der Waals surface area contributed by atoms with E-state index in [-0.39, 0.29) is 33.4 Å². The lowest BCUT2D eigenvalue weighted by molar-refractivity contribution is 0.407. The molecule has 0 saturated heterocycles. The number of rotatable bonds is 8. The molecular weight excluding hydrogens is 532 g/mol. The molecule has 0 atom stereocenters. The molecule has 0 unspecified atom stereocenters. The second-order valence-corrected chi connectivity index (χ2v) is 11.4. The number of unbranched alkanes of at least 4 members (excludes halogenated alkanes) is 4. The molecule has 0 aliphatic rings. The zero-order chi connectivity index (χ0) is 29.4. The Labute approximate surface area is 238 Å². The minimum atomic E-state index is -0.441. The summed E-state index contributed by atoms with van der Waals surface area (Å²) in [5.41, 5.74) is -1.64. The van der Waals surface area contributed by atoms with Crippen LogP contribution in [0.4, 0.5) is 0 Å². The molecule has 212 valence electrons. The number of pyridine rings is 2. The first-order valence-corrected chi connectivity index (χ1v) is 14.7. The Morgan fingerprint density at radius 1 is 0.500 bits per heavy atom. The molecular formula is C34H30N2O6. The average molecular weight is 563 g/mol. The van der Waals surface area contributed by atoms with Crippen LogP contribution in [-0.4, -0.2) is 19.3 Å². The van der Waals surface area contributed by atoms with Crippen molar-refractivity contribution in [3.8, 4) is 11.8 Å². The highest BCUT2D eigenvalue weighted by Gasteiger charge is 2.26. The molecule has 0 amide bonds. The lowest BCUT2D eigenvalue weighted by Gasteiger charge is -2.20. The zero-order valence-electron chi connectivity index (χ0n) is 23.5. The van der Waals surface area contributed by atoms with E-state index in [1.54, 1.807) is 24.3 Å². The first-order chi connectivity index (χ1) is 20.3. The SMILES string of the molecule is CCCCCn1c(O)c2ccc3c4c(=O)cc5c(=O)n(CCCCC)c(O)c6ccc(c7c(=O)cc(c1=O)c2c37)c4c65. The first kappa shape index (κ1) is 26.2. The van der Waals surface area contributed by atoms with E-state index in [4.69, 9.17) is 0 Å². The van der Waals surface area contributed by atoms with Gasteiger partial charge in [0.2, 0.25) is 11.8 Å². The number of aromatic nitrogens is 2. The van der Waals surface area contributed by atoms with E-state index >= 15 is 0 Å². The van der Waals surface area contributed by atoms with Gasteiger partial charge in [0.15, 0.2) is 10.9 Å². The second kappa shape index (κ2) is 9.41. The molecule has 7 rings (SSSR count). The molecule has 2 aromatic heterocycles. The summed E-state index contributed by atoms with van der Waals surface area (Å²) in [5, 5.41) is 27.1. The molecule has 7 aromatic rings. The quantitative estimate of drug-likeness (QED) is 0.138. The molecule has 0 aliphatic heterocycles. The molecule has 0 spiro atoms. The number of aromatic hydroxyl groups is 2. The summed E-state index contributed by atoms with van der Waals surface area (Å²) in [6.07, 6.45) is 5.12. The molecule has 42 heavy (non-hydrogen) atoms. The monoisotopic (exact) mass is 562 g/mol. The highest BCUT2D eigenvalue weighted by Crippen LogP contribution is 2.44. The minimum absolute atomic E-state index is 0.161. The third kappa shape index (κ3) is 3.35. The molecule has 0 radical (unpaired) electrons. The third-order valence-corrected chi connectivity index (χ3v) is 8.95. The molecule has 0 aliphatic carbocycles. The molecule has 8 nitrogen and oxygen atoms in total. The van der Waals surface area contributed by atoms with E-state index in [1.807, 2.05) is 0 Å². The highest BCUT2D eigenvalue weighted by molar-refractivity contribution is 6.39. The second-order valence-electron chi connectivity index (χ2n) is 11.4. The van der Waals surface area contributed by atoms with Gasteiger partial charge in [0.05, 0.1) is 10.8 Å². The highest BCUT2D eigenvalue weighted by atomic mass is 16.3. The Morgan fingerprint density at radius 2 is 0.881 bits per heavy atom. The van der Waals surface area contributed by atoms with Crippen molar-refractivity contribution >= 4 is 64.6 Å². The van der Waals surface area contributed by atoms with Crippen LogP contribution in [0.1, 0.15) is 52.4 Å². The topological polar surface area (TPSA) is 119 Å². The van der Waals surface area contributed by atoms with Crippen molar-refractivity contribution in [3.63, 3.8) is 0 Å². The Balaban J connectivity index is 1.67. The van der Waals surface area contributed by atoms with Crippen LogP contribution in [0.2, 0.25) is 0 Å². The van der Waals surface area contributed by atoms with Gasteiger partial charge in [-0.05, 0) is 47.9 Å². The van der Waals surface area contributed by atoms with E-state index in [0.29, 0.717) is 79.8 Å². The number of hydrogen-bond donors (Lipinski definition) is 2. The predicted molar refractivity (Wildman–Crippen MR) is 168 cm³/mol. The van der Waals surface area contributed by atoms with Gasteiger partial charge in [0.1, 0.15) is 0 Å². The van der Waals surface area contributed by atoms with Gasteiger partial charge in [-0.1, -0.05) is 51.7 Å². The van der Waals surface area contributed by atoms with Crippen molar-refractivity contribution < 1.29 is 10.2 Å². The fourth-order valence-electron chi connectivity index (χ4n) is 6.97. The minimum Gasteiger partial charge on any atom is -0.494 e. The summed E-state index contributed by atoms with van der Waals surface area (Å²) in [6.45, 7) is 4.77. The summed E-state index contributed by atoms with van der Waals surface area (Å²) in [5.74, 6) is -0.321. The van der Waals surface area contributed by atoms with Crippen LogP contribution < -0.4 is 22.0 Å². The lowest BCUT2D eigenvalue weighted by atomic mass is 9.85. The van der Waals surface area contributed by atoms with E-state index in [9.17, 15) is 29.4 Å². The van der Waals surface area contributed by atoms with Crippen LogP contribution in [0.15, 0.2) is 55.6 Å². The van der Waals surface area contributed by atoms with Crippen molar-refractivity contribution in [2.45, 2.75) is 65.5 Å². The van der Waals surface area contributed by atoms with Crippen molar-refractivity contribution in [1.29, 1.82) is 0 Å². The van der Waals surface area contributed by atoms with Crippen LogP contribution in [0.3, 0.4) is 0 Å². The van der Waals surface area contributed by atoms with Gasteiger partial charge < -0.3 is 10.2 Å². The summed E-state index contributed by atoms with van der Waals surface area (Å²) in [6, 6.07) is 9.45. The van der Waals surface area contributed by atoms with E-state index in [0.717, 1.165) is 25.7 Å². The molecule has 2 N–H and O–H groups in total. The fraction of sp³-hybridized carbons (Fsp3) is 0.294. The standard InChI is InChI=1S/C34H30N2O6/c1-3-5-7-13-35-31(39)19-11-9-17-28-24(38)16-22-26-20(32(40)36(34(22)42)14-8-6-4-2)12-10-18(30(26)28)27-23(37)15-21(33(35)41)25(19)29(17)27/h9-12,15-16,39-40H,3-8,13-14H2,1-2H3. The summed E-state index contributed by atoms with van der Waals surface area (Å²) in [7, 11) is 0. The smallest absolute Gasteiger partial charge is 0.261 e. The van der Waals surface area contributed by atoms with E-state index < -0.39 is 11.1 Å². The van der Waals surface area contributed by atoms with Crippen LogP contribution in [-0.2, 0) is 13.1 Å². The third-order valence-electron chi connectivity index (χ3n) is 8.95. The van der Waals surface area contributed by atoms with Crippen LogP contribution >= 0.6 is 0 Å². The molecule has 5 aromatic carbocycles. The normalized spacial score (nSPS) is 12.4. The Morgan fingerprint density at radius 3 is 1.26 bits per heavy atom. The molecule has 8 heteroatoms. The van der Waals surface area contributed by atoms with Gasteiger partial charge in [0, 0.05) is 56.2 Å². The maximum atomic E-state index is 13.8. The largest absolute Gasteiger partial charge is 0.494 e. The number of fused-ring (bicyclic) bond motifs is 2. The Kier molecular flexibility index (Phi) is 5.87. The van der Waals surface area contributed by atoms with Gasteiger partial charge in [-0.15, -0.1) is 0 Å². The van der Waals surface area contributed by atoms with Gasteiger partial charge in [0.25, 0.3) is 11.1 Å². The van der Waals surface area contributed by atoms with Crippen LogP contribution in [0, 0.1) is 0 Å². The van der Waals surface area contributed by atoms with Crippen molar-refractivity contribution in [2.24, 2.45) is 0 Å². The fourth-order valence-corrected chi connectivity index (χ4v) is 6.97. The summed E-state index contributed by atoms with van der Waals surface area (Å²) < 4.78 is 2.65. The number of nitrogens with zero attached hydrogens (tertiary/aromatic N) is 2. The zero-order valence-corrected chi connectivity index (χ0v) is 23.5. The van der Waals surface area contributed by atoms with E-state index in [2.05, 4.69) is 13.8 Å². The van der Waals surface area contributed by atoms with Crippen molar-refractivity contribution in [1.82, 2.24) is 9.13 Å². The van der Waals surface area contributed by atoms with Crippen molar-refractivity contribution in [2.75, 3.05) is 0 Å². The summed E-state index contributed by atoms with van der Waals surface area (Å²) in [4.78, 5) is 54.8. The van der Waals surface area contributed by atoms with Crippen LogP contribution in [0.5, 0.6) is 11.8 Å². The maximum Gasteiger partial charge on any atom is 0.261 e. The van der Waals surface area contributed by atoms with Crippen molar-refractivity contribution in [3.05, 3.63) is 77.6 Å². The summed E-state index contributed by atoms with van der Waals surface area (Å²) >= 11 is 0. The van der Waals surface area contributed by atoms with Gasteiger partial charge in [-0.25, -0.2) is 0 Å². The maximum absolute atomic E-state index is 13.8.